The average Bonchev–Trinajstić information content (AvgIpc) is 2.99. The third kappa shape index (κ3) is 3.56. The maximum absolute atomic E-state index is 13.0. The van der Waals surface area contributed by atoms with Gasteiger partial charge in [0.1, 0.15) is 5.75 Å². The van der Waals surface area contributed by atoms with Crippen molar-refractivity contribution < 1.29 is 13.5 Å². The van der Waals surface area contributed by atoms with Gasteiger partial charge in [-0.25, -0.2) is 8.42 Å². The molecule has 7 heteroatoms. The zero-order chi connectivity index (χ0) is 22.5. The summed E-state index contributed by atoms with van der Waals surface area (Å²) in [6.07, 6.45) is 0. The molecule has 0 saturated carbocycles. The summed E-state index contributed by atoms with van der Waals surface area (Å²) in [7, 11) is -3.83. The number of nitrogens with one attached hydrogen (secondary N) is 1. The molecule has 0 aliphatic carbocycles. The first-order chi connectivity index (χ1) is 14.6. The number of fused-ring (bicyclic) bond motifs is 1. The molecule has 0 spiro atoms. The summed E-state index contributed by atoms with van der Waals surface area (Å²) in [5.74, 6) is 0.121. The lowest BCUT2D eigenvalue weighted by molar-refractivity contribution is 0.468. The summed E-state index contributed by atoms with van der Waals surface area (Å²) >= 11 is 5.89. The van der Waals surface area contributed by atoms with Gasteiger partial charge in [-0.1, -0.05) is 29.8 Å². The molecular formula is C24H23ClN2O3S. The smallest absolute Gasteiger partial charge is 0.261 e. The Morgan fingerprint density at radius 2 is 1.55 bits per heavy atom. The lowest BCUT2D eigenvalue weighted by Gasteiger charge is -2.19. The SMILES string of the molecule is Cc1c(NS(=O)(=O)c2ccc(Cl)cc2)cc(-n2c(C)c(C)c3ccccc32)c(O)c1C. The summed E-state index contributed by atoms with van der Waals surface area (Å²) in [5.41, 5.74) is 5.24. The van der Waals surface area contributed by atoms with Gasteiger partial charge in [0.05, 0.1) is 21.8 Å². The third-order valence-corrected chi connectivity index (χ3v) is 7.52. The highest BCUT2D eigenvalue weighted by Crippen LogP contribution is 2.38. The summed E-state index contributed by atoms with van der Waals surface area (Å²) in [6, 6.07) is 15.6. The Bertz CT molecular complexity index is 1420. The van der Waals surface area contributed by atoms with Gasteiger partial charge >= 0.3 is 0 Å². The monoisotopic (exact) mass is 454 g/mol. The van der Waals surface area contributed by atoms with Crippen LogP contribution in [0, 0.1) is 27.7 Å². The molecule has 4 aromatic rings. The summed E-state index contributed by atoms with van der Waals surface area (Å²) in [6.45, 7) is 7.59. The number of halogens is 1. The van der Waals surface area contributed by atoms with Crippen LogP contribution in [0.5, 0.6) is 5.75 Å². The minimum absolute atomic E-state index is 0.113. The number of rotatable bonds is 4. The van der Waals surface area contributed by atoms with E-state index in [4.69, 9.17) is 11.6 Å². The topological polar surface area (TPSA) is 71.3 Å². The number of sulfonamides is 1. The lowest BCUT2D eigenvalue weighted by Crippen LogP contribution is -2.14. The van der Waals surface area contributed by atoms with Crippen LogP contribution in [-0.4, -0.2) is 18.1 Å². The molecule has 2 N–H and O–H groups in total. The van der Waals surface area contributed by atoms with E-state index in [1.165, 1.54) is 24.3 Å². The van der Waals surface area contributed by atoms with Gasteiger partial charge < -0.3 is 9.67 Å². The molecule has 1 aromatic heterocycles. The number of anilines is 1. The van der Waals surface area contributed by atoms with E-state index < -0.39 is 10.0 Å². The highest BCUT2D eigenvalue weighted by Gasteiger charge is 2.21. The number of phenolic OH excluding ortho intramolecular Hbond substituents is 1. The molecule has 0 amide bonds. The Labute approximate surface area is 187 Å². The first-order valence-corrected chi connectivity index (χ1v) is 11.7. The highest BCUT2D eigenvalue weighted by atomic mass is 35.5. The number of aromatic nitrogens is 1. The fourth-order valence-corrected chi connectivity index (χ4v) is 5.06. The predicted molar refractivity (Wildman–Crippen MR) is 126 cm³/mol. The normalized spacial score (nSPS) is 11.8. The number of phenols is 1. The minimum Gasteiger partial charge on any atom is -0.505 e. The van der Waals surface area contributed by atoms with Crippen LogP contribution in [0.3, 0.4) is 0 Å². The van der Waals surface area contributed by atoms with Crippen LogP contribution < -0.4 is 4.72 Å². The van der Waals surface area contributed by atoms with Gasteiger partial charge in [0.25, 0.3) is 10.0 Å². The molecule has 0 bridgehead atoms. The van der Waals surface area contributed by atoms with Gasteiger partial charge in [0.15, 0.2) is 0 Å². The number of nitrogens with zero attached hydrogens (tertiary/aromatic N) is 1. The predicted octanol–water partition coefficient (Wildman–Crippen LogP) is 6.02. The van der Waals surface area contributed by atoms with E-state index in [1.807, 2.05) is 42.7 Å². The van der Waals surface area contributed by atoms with Crippen LogP contribution in [0.15, 0.2) is 59.5 Å². The van der Waals surface area contributed by atoms with E-state index in [2.05, 4.69) is 4.72 Å². The summed E-state index contributed by atoms with van der Waals surface area (Å²) in [4.78, 5) is 0.113. The van der Waals surface area contributed by atoms with Crippen molar-refractivity contribution in [2.24, 2.45) is 0 Å². The number of hydrogen-bond donors (Lipinski definition) is 2. The molecule has 0 unspecified atom stereocenters. The minimum atomic E-state index is -3.83. The van der Waals surface area contributed by atoms with Gasteiger partial charge in [-0.15, -0.1) is 0 Å². The quantitative estimate of drug-likeness (QED) is 0.370. The Balaban J connectivity index is 1.90. The summed E-state index contributed by atoms with van der Waals surface area (Å²) < 4.78 is 30.6. The molecule has 4 rings (SSSR count). The first-order valence-electron chi connectivity index (χ1n) is 9.80. The molecule has 0 aliphatic rings. The van der Waals surface area contributed by atoms with Gasteiger partial charge in [-0.3, -0.25) is 4.72 Å². The van der Waals surface area contributed by atoms with Crippen molar-refractivity contribution in [1.82, 2.24) is 4.57 Å². The Hall–Kier alpha value is -2.96. The van der Waals surface area contributed by atoms with E-state index in [0.717, 1.165) is 22.2 Å². The van der Waals surface area contributed by atoms with Crippen molar-refractivity contribution in [2.75, 3.05) is 4.72 Å². The molecule has 3 aromatic carbocycles. The lowest BCUT2D eigenvalue weighted by atomic mass is 10.1. The van der Waals surface area contributed by atoms with E-state index in [9.17, 15) is 13.5 Å². The first kappa shape index (κ1) is 21.3. The molecule has 0 saturated heterocycles. The van der Waals surface area contributed by atoms with Crippen LogP contribution in [0.2, 0.25) is 5.02 Å². The maximum atomic E-state index is 13.0. The molecule has 1 heterocycles. The molecular weight excluding hydrogens is 432 g/mol. The van der Waals surface area contributed by atoms with Crippen molar-refractivity contribution in [1.29, 1.82) is 0 Å². The van der Waals surface area contributed by atoms with Crippen molar-refractivity contribution in [3.8, 4) is 11.4 Å². The molecule has 0 atom stereocenters. The van der Waals surface area contributed by atoms with Gasteiger partial charge in [0, 0.05) is 16.1 Å². The average molecular weight is 455 g/mol. The van der Waals surface area contributed by atoms with Crippen LogP contribution in [-0.2, 0) is 10.0 Å². The molecule has 0 fully saturated rings. The van der Waals surface area contributed by atoms with Crippen LogP contribution in [0.1, 0.15) is 22.4 Å². The second kappa shape index (κ2) is 7.62. The number of benzene rings is 3. The van der Waals surface area contributed by atoms with Crippen molar-refractivity contribution in [3.63, 3.8) is 0 Å². The number of hydrogen-bond acceptors (Lipinski definition) is 3. The highest BCUT2D eigenvalue weighted by molar-refractivity contribution is 7.92. The molecule has 5 nitrogen and oxygen atoms in total. The van der Waals surface area contributed by atoms with Crippen LogP contribution in [0.4, 0.5) is 5.69 Å². The number of para-hydroxylation sites is 1. The van der Waals surface area contributed by atoms with Gasteiger partial charge in [-0.05, 0) is 80.8 Å². The van der Waals surface area contributed by atoms with Gasteiger partial charge in [-0.2, -0.15) is 0 Å². The standard InChI is InChI=1S/C24H23ClN2O3S/c1-14-15(2)24(28)23(27-17(4)16(3)20-7-5-6-8-22(20)27)13-21(14)26-31(29,30)19-11-9-18(25)10-12-19/h5-13,26,28H,1-4H3. The number of aromatic hydroxyl groups is 1. The number of aryl methyl sites for hydroxylation is 1. The maximum Gasteiger partial charge on any atom is 0.261 e. The second-order valence-electron chi connectivity index (χ2n) is 7.66. The Kier molecular flexibility index (Phi) is 5.23. The zero-order valence-electron chi connectivity index (χ0n) is 17.7. The summed E-state index contributed by atoms with van der Waals surface area (Å²) in [5, 5.41) is 12.5. The second-order valence-corrected chi connectivity index (χ2v) is 9.78. The van der Waals surface area contributed by atoms with E-state index in [-0.39, 0.29) is 10.6 Å². The van der Waals surface area contributed by atoms with E-state index in [0.29, 0.717) is 27.5 Å². The van der Waals surface area contributed by atoms with Crippen LogP contribution >= 0.6 is 11.6 Å². The van der Waals surface area contributed by atoms with E-state index >= 15 is 0 Å². The van der Waals surface area contributed by atoms with Crippen LogP contribution in [0.25, 0.3) is 16.6 Å². The fourth-order valence-electron chi connectivity index (χ4n) is 3.82. The van der Waals surface area contributed by atoms with Crippen molar-refractivity contribution in [3.05, 3.63) is 82.0 Å². The molecule has 0 radical (unpaired) electrons. The molecule has 0 aliphatic heterocycles. The van der Waals surface area contributed by atoms with Crippen molar-refractivity contribution >= 4 is 38.2 Å². The third-order valence-electron chi connectivity index (χ3n) is 5.88. The molecule has 31 heavy (non-hydrogen) atoms. The zero-order valence-corrected chi connectivity index (χ0v) is 19.3. The largest absolute Gasteiger partial charge is 0.505 e. The van der Waals surface area contributed by atoms with E-state index in [1.54, 1.807) is 19.9 Å². The fraction of sp³-hybridized carbons (Fsp3) is 0.167. The van der Waals surface area contributed by atoms with Gasteiger partial charge in [0.2, 0.25) is 0 Å². The molecule has 160 valence electrons. The Morgan fingerprint density at radius 1 is 0.903 bits per heavy atom. The Morgan fingerprint density at radius 3 is 2.23 bits per heavy atom. The van der Waals surface area contributed by atoms with Crippen molar-refractivity contribution in [2.45, 2.75) is 32.6 Å².